The van der Waals surface area contributed by atoms with Crippen LogP contribution in [-0.2, 0) is 11.2 Å². The van der Waals surface area contributed by atoms with E-state index in [9.17, 15) is 0 Å². The van der Waals surface area contributed by atoms with Crippen molar-refractivity contribution in [2.24, 2.45) is 4.99 Å². The number of guanidine groups is 1. The van der Waals surface area contributed by atoms with Crippen molar-refractivity contribution in [1.29, 1.82) is 0 Å². The summed E-state index contributed by atoms with van der Waals surface area (Å²) in [6, 6.07) is 3.90. The number of hydrogen-bond donors (Lipinski definition) is 2. The van der Waals surface area contributed by atoms with E-state index in [1.807, 2.05) is 30.8 Å². The van der Waals surface area contributed by atoms with Gasteiger partial charge in [-0.15, -0.1) is 24.0 Å². The molecule has 2 N–H and O–H groups in total. The molecule has 5 nitrogen and oxygen atoms in total. The molecule has 0 amide bonds. The van der Waals surface area contributed by atoms with Crippen molar-refractivity contribution in [2.75, 3.05) is 44.9 Å². The maximum absolute atomic E-state index is 5.32. The number of rotatable bonds is 11. The van der Waals surface area contributed by atoms with E-state index in [1.165, 1.54) is 0 Å². The molecule has 0 aliphatic rings. The van der Waals surface area contributed by atoms with Crippen LogP contribution in [0.15, 0.2) is 27.8 Å². The van der Waals surface area contributed by atoms with Gasteiger partial charge in [0.05, 0.1) is 6.26 Å². The van der Waals surface area contributed by atoms with Gasteiger partial charge in [0.1, 0.15) is 5.76 Å². The van der Waals surface area contributed by atoms with Gasteiger partial charge in [-0.05, 0) is 31.7 Å². The molecule has 0 aliphatic carbocycles. The Kier molecular flexibility index (Phi) is 15.2. The summed E-state index contributed by atoms with van der Waals surface area (Å²) < 4.78 is 10.6. The van der Waals surface area contributed by atoms with E-state index < -0.39 is 0 Å². The lowest BCUT2D eigenvalue weighted by molar-refractivity contribution is 0.146. The zero-order valence-corrected chi connectivity index (χ0v) is 16.6. The molecule has 0 saturated carbocycles. The minimum Gasteiger partial charge on any atom is -0.469 e. The summed E-state index contributed by atoms with van der Waals surface area (Å²) in [7, 11) is 0. The van der Waals surface area contributed by atoms with Crippen LogP contribution in [0.5, 0.6) is 0 Å². The molecule has 0 fully saturated rings. The quantitative estimate of drug-likeness (QED) is 0.239. The molecule has 0 bridgehead atoms. The Labute approximate surface area is 155 Å². The molecule has 0 unspecified atom stereocenters. The molecule has 1 rings (SSSR count). The summed E-state index contributed by atoms with van der Waals surface area (Å²) in [5, 5.41) is 6.67. The lowest BCUT2D eigenvalue weighted by atomic mass is 10.3. The molecule has 0 aromatic carbocycles. The van der Waals surface area contributed by atoms with Crippen LogP contribution in [0.2, 0.25) is 0 Å². The van der Waals surface area contributed by atoms with Gasteiger partial charge in [0.25, 0.3) is 0 Å². The van der Waals surface area contributed by atoms with Gasteiger partial charge in [0.15, 0.2) is 5.96 Å². The third-order valence-corrected chi connectivity index (χ3v) is 3.38. The van der Waals surface area contributed by atoms with Crippen LogP contribution >= 0.6 is 35.7 Å². The molecule has 0 spiro atoms. The number of thioether (sulfide) groups is 1. The standard InChI is InChI=1S/C15H27N3O2S.HI/c1-3-19-11-5-8-16-15(18-10-13-21-2)17-9-7-14-6-4-12-20-14;/h4,6,12H,3,5,7-11,13H2,1-2H3,(H2,16,17,18);1H. The van der Waals surface area contributed by atoms with E-state index in [2.05, 4.69) is 21.9 Å². The van der Waals surface area contributed by atoms with Gasteiger partial charge in [-0.3, -0.25) is 4.99 Å². The maximum Gasteiger partial charge on any atom is 0.191 e. The van der Waals surface area contributed by atoms with Crippen molar-refractivity contribution in [3.63, 3.8) is 0 Å². The number of hydrogen-bond acceptors (Lipinski definition) is 4. The highest BCUT2D eigenvalue weighted by atomic mass is 127. The topological polar surface area (TPSA) is 58.8 Å². The number of aliphatic imine (C=N–C) groups is 1. The van der Waals surface area contributed by atoms with Crippen LogP contribution in [0.4, 0.5) is 0 Å². The molecule has 1 aromatic rings. The van der Waals surface area contributed by atoms with E-state index in [4.69, 9.17) is 9.15 Å². The molecule has 1 aromatic heterocycles. The summed E-state index contributed by atoms with van der Waals surface area (Å²) >= 11 is 1.82. The maximum atomic E-state index is 5.32. The largest absolute Gasteiger partial charge is 0.469 e. The first kappa shape index (κ1) is 21.6. The highest BCUT2D eigenvalue weighted by Gasteiger charge is 2.00. The Balaban J connectivity index is 0.00000441. The lowest BCUT2D eigenvalue weighted by Crippen LogP contribution is -2.39. The van der Waals surface area contributed by atoms with Crippen LogP contribution in [0.3, 0.4) is 0 Å². The first-order valence-corrected chi connectivity index (χ1v) is 8.87. The fourth-order valence-corrected chi connectivity index (χ4v) is 2.01. The van der Waals surface area contributed by atoms with Crippen LogP contribution in [0, 0.1) is 0 Å². The van der Waals surface area contributed by atoms with E-state index in [-0.39, 0.29) is 24.0 Å². The van der Waals surface area contributed by atoms with Gasteiger partial charge in [-0.2, -0.15) is 11.8 Å². The van der Waals surface area contributed by atoms with Gasteiger partial charge in [0.2, 0.25) is 0 Å². The number of nitrogens with zero attached hydrogens (tertiary/aromatic N) is 1. The van der Waals surface area contributed by atoms with Crippen molar-refractivity contribution in [3.05, 3.63) is 24.2 Å². The predicted octanol–water partition coefficient (Wildman–Crippen LogP) is 2.76. The van der Waals surface area contributed by atoms with Gasteiger partial charge in [-0.1, -0.05) is 0 Å². The summed E-state index contributed by atoms with van der Waals surface area (Å²) in [6.45, 7) is 6.04. The van der Waals surface area contributed by atoms with Crippen LogP contribution < -0.4 is 10.6 Å². The third kappa shape index (κ3) is 11.2. The average Bonchev–Trinajstić information content (AvgIpc) is 3.00. The van der Waals surface area contributed by atoms with Crippen molar-refractivity contribution < 1.29 is 9.15 Å². The van der Waals surface area contributed by atoms with E-state index in [1.54, 1.807) is 6.26 Å². The Morgan fingerprint density at radius 1 is 1.36 bits per heavy atom. The second-order valence-corrected chi connectivity index (χ2v) is 5.44. The second-order valence-electron chi connectivity index (χ2n) is 4.46. The molecule has 0 aliphatic heterocycles. The summed E-state index contributed by atoms with van der Waals surface area (Å²) in [5.41, 5.74) is 0. The molecular formula is C15H28IN3O2S. The zero-order valence-electron chi connectivity index (χ0n) is 13.5. The summed E-state index contributed by atoms with van der Waals surface area (Å²) in [6.07, 6.45) is 5.61. The number of furan rings is 1. The van der Waals surface area contributed by atoms with Crippen LogP contribution in [0.25, 0.3) is 0 Å². The SMILES string of the molecule is CCOCCCN=C(NCCSC)NCCc1ccco1.I. The summed E-state index contributed by atoms with van der Waals surface area (Å²) in [5.74, 6) is 2.92. The Morgan fingerprint density at radius 3 is 2.86 bits per heavy atom. The molecule has 22 heavy (non-hydrogen) atoms. The smallest absolute Gasteiger partial charge is 0.191 e. The molecule has 0 saturated heterocycles. The molecule has 128 valence electrons. The van der Waals surface area contributed by atoms with Crippen LogP contribution in [0.1, 0.15) is 19.1 Å². The Hall–Kier alpha value is -0.410. The lowest BCUT2D eigenvalue weighted by Gasteiger charge is -2.11. The predicted molar refractivity (Wildman–Crippen MR) is 106 cm³/mol. The number of nitrogens with one attached hydrogen (secondary N) is 2. The normalized spacial score (nSPS) is 11.1. The molecule has 0 radical (unpaired) electrons. The first-order chi connectivity index (χ1) is 10.4. The van der Waals surface area contributed by atoms with Crippen molar-refractivity contribution in [3.8, 4) is 0 Å². The molecule has 7 heteroatoms. The fourth-order valence-electron chi connectivity index (χ4n) is 1.71. The van der Waals surface area contributed by atoms with Crippen molar-refractivity contribution in [2.45, 2.75) is 19.8 Å². The molecule has 1 heterocycles. The van der Waals surface area contributed by atoms with E-state index in [0.29, 0.717) is 0 Å². The van der Waals surface area contributed by atoms with Gasteiger partial charge >= 0.3 is 0 Å². The number of halogens is 1. The minimum atomic E-state index is 0. The van der Waals surface area contributed by atoms with Gasteiger partial charge in [-0.25, -0.2) is 0 Å². The van der Waals surface area contributed by atoms with Gasteiger partial charge < -0.3 is 19.8 Å². The van der Waals surface area contributed by atoms with Crippen LogP contribution in [-0.4, -0.2) is 50.8 Å². The molecule has 0 atom stereocenters. The monoisotopic (exact) mass is 441 g/mol. The van der Waals surface area contributed by atoms with Crippen molar-refractivity contribution >= 4 is 41.7 Å². The molecular weight excluding hydrogens is 413 g/mol. The minimum absolute atomic E-state index is 0. The zero-order chi connectivity index (χ0) is 15.2. The van der Waals surface area contributed by atoms with Gasteiger partial charge in [0, 0.05) is 45.0 Å². The highest BCUT2D eigenvalue weighted by Crippen LogP contribution is 1.99. The average molecular weight is 441 g/mol. The highest BCUT2D eigenvalue weighted by molar-refractivity contribution is 14.0. The Morgan fingerprint density at radius 2 is 2.18 bits per heavy atom. The fraction of sp³-hybridized carbons (Fsp3) is 0.667. The first-order valence-electron chi connectivity index (χ1n) is 7.48. The number of ether oxygens (including phenoxy) is 1. The van der Waals surface area contributed by atoms with E-state index >= 15 is 0 Å². The summed E-state index contributed by atoms with van der Waals surface area (Å²) in [4.78, 5) is 4.56. The van der Waals surface area contributed by atoms with Crippen molar-refractivity contribution in [1.82, 2.24) is 10.6 Å². The Bertz CT molecular complexity index is 375. The second kappa shape index (κ2) is 15.5. The van der Waals surface area contributed by atoms with E-state index in [0.717, 1.165) is 63.2 Å². The third-order valence-electron chi connectivity index (χ3n) is 2.76.